The molecule has 84 valence electrons. The summed E-state index contributed by atoms with van der Waals surface area (Å²) >= 11 is 0. The number of fused-ring (bicyclic) bond motifs is 3. The van der Waals surface area contributed by atoms with E-state index in [1.54, 1.807) is 0 Å². The highest BCUT2D eigenvalue weighted by molar-refractivity contribution is 5.97. The van der Waals surface area contributed by atoms with E-state index in [1.165, 1.54) is 10.8 Å². The Morgan fingerprint density at radius 2 is 0.944 bits per heavy atom. The monoisotopic (exact) mass is 230 g/mol. The maximum atomic E-state index is 4.67. The molecule has 0 aliphatic rings. The molecule has 2 nitrogen and oxygen atoms in total. The fourth-order valence-electron chi connectivity index (χ4n) is 2.31. The van der Waals surface area contributed by atoms with Crippen molar-refractivity contribution < 1.29 is 0 Å². The molecule has 3 aromatic carbocycles. The van der Waals surface area contributed by atoms with Crippen molar-refractivity contribution in [1.29, 1.82) is 0 Å². The molecule has 0 atom stereocenters. The van der Waals surface area contributed by atoms with Crippen LogP contribution in [0.15, 0.2) is 60.7 Å². The smallest absolute Gasteiger partial charge is 0.0901 e. The van der Waals surface area contributed by atoms with Gasteiger partial charge >= 0.3 is 0 Å². The third-order valence-electron chi connectivity index (χ3n) is 3.21. The van der Waals surface area contributed by atoms with Crippen LogP contribution in [-0.2, 0) is 0 Å². The quantitative estimate of drug-likeness (QED) is 0.428. The lowest BCUT2D eigenvalue weighted by atomic mass is 10.1. The summed E-state index contributed by atoms with van der Waals surface area (Å²) in [5, 5.41) is 2.41. The number of hydrogen-bond acceptors (Lipinski definition) is 2. The summed E-state index contributed by atoms with van der Waals surface area (Å²) < 4.78 is 0. The topological polar surface area (TPSA) is 25.8 Å². The molecular weight excluding hydrogens is 220 g/mol. The van der Waals surface area contributed by atoms with E-state index >= 15 is 0 Å². The van der Waals surface area contributed by atoms with Crippen molar-refractivity contribution in [3.63, 3.8) is 0 Å². The van der Waals surface area contributed by atoms with Crippen LogP contribution in [0.4, 0.5) is 0 Å². The Morgan fingerprint density at radius 1 is 0.500 bits per heavy atom. The SMILES string of the molecule is c1ccc2cc3nc4ccccc4nc3cc2c1. The zero-order valence-electron chi connectivity index (χ0n) is 9.67. The van der Waals surface area contributed by atoms with Gasteiger partial charge in [0.15, 0.2) is 0 Å². The molecule has 18 heavy (non-hydrogen) atoms. The molecule has 0 amide bonds. The van der Waals surface area contributed by atoms with Gasteiger partial charge in [-0.05, 0) is 35.0 Å². The maximum absolute atomic E-state index is 4.67. The van der Waals surface area contributed by atoms with E-state index in [2.05, 4.69) is 34.2 Å². The van der Waals surface area contributed by atoms with Gasteiger partial charge < -0.3 is 0 Å². The van der Waals surface area contributed by atoms with E-state index in [0.717, 1.165) is 22.1 Å². The predicted octanol–water partition coefficient (Wildman–Crippen LogP) is 3.94. The second-order valence-corrected chi connectivity index (χ2v) is 4.40. The lowest BCUT2D eigenvalue weighted by molar-refractivity contribution is 1.40. The largest absolute Gasteiger partial charge is 0.244 e. The number of benzene rings is 3. The summed E-state index contributed by atoms with van der Waals surface area (Å²) in [6.07, 6.45) is 0. The molecule has 0 fully saturated rings. The predicted molar refractivity (Wildman–Crippen MR) is 74.6 cm³/mol. The first-order valence-corrected chi connectivity index (χ1v) is 5.95. The zero-order valence-corrected chi connectivity index (χ0v) is 9.67. The first-order chi connectivity index (χ1) is 8.90. The molecule has 0 spiro atoms. The molecule has 0 aliphatic carbocycles. The second-order valence-electron chi connectivity index (χ2n) is 4.40. The van der Waals surface area contributed by atoms with Crippen molar-refractivity contribution in [1.82, 2.24) is 9.97 Å². The normalized spacial score (nSPS) is 11.3. The van der Waals surface area contributed by atoms with Crippen molar-refractivity contribution in [3.05, 3.63) is 60.7 Å². The van der Waals surface area contributed by atoms with E-state index in [-0.39, 0.29) is 0 Å². The van der Waals surface area contributed by atoms with Gasteiger partial charge in [0.25, 0.3) is 0 Å². The van der Waals surface area contributed by atoms with Crippen LogP contribution in [0.1, 0.15) is 0 Å². The highest BCUT2D eigenvalue weighted by Gasteiger charge is 2.02. The molecule has 0 saturated carbocycles. The summed E-state index contributed by atoms with van der Waals surface area (Å²) in [5.74, 6) is 0. The fourth-order valence-corrected chi connectivity index (χ4v) is 2.31. The van der Waals surface area contributed by atoms with Gasteiger partial charge in [0.2, 0.25) is 0 Å². The van der Waals surface area contributed by atoms with Gasteiger partial charge in [0.05, 0.1) is 22.1 Å². The summed E-state index contributed by atoms with van der Waals surface area (Å²) in [6, 6.07) is 20.5. The number of para-hydroxylation sites is 2. The lowest BCUT2D eigenvalue weighted by Gasteiger charge is -2.03. The molecule has 0 radical (unpaired) electrons. The van der Waals surface area contributed by atoms with Gasteiger partial charge in [-0.15, -0.1) is 0 Å². The lowest BCUT2D eigenvalue weighted by Crippen LogP contribution is -1.87. The number of hydrogen-bond donors (Lipinski definition) is 0. The van der Waals surface area contributed by atoms with Gasteiger partial charge in [0, 0.05) is 0 Å². The van der Waals surface area contributed by atoms with Crippen LogP contribution in [-0.4, -0.2) is 9.97 Å². The van der Waals surface area contributed by atoms with E-state index in [4.69, 9.17) is 0 Å². The van der Waals surface area contributed by atoms with Gasteiger partial charge in [-0.25, -0.2) is 9.97 Å². The fraction of sp³-hybridized carbons (Fsp3) is 0. The molecule has 0 aliphatic heterocycles. The van der Waals surface area contributed by atoms with Crippen molar-refractivity contribution in [3.8, 4) is 0 Å². The third kappa shape index (κ3) is 1.36. The van der Waals surface area contributed by atoms with Crippen LogP contribution >= 0.6 is 0 Å². The Bertz CT molecular complexity index is 737. The zero-order chi connectivity index (χ0) is 11.9. The minimum absolute atomic E-state index is 0.945. The van der Waals surface area contributed by atoms with Gasteiger partial charge in [-0.1, -0.05) is 36.4 Å². The number of rotatable bonds is 0. The molecule has 0 saturated heterocycles. The average molecular weight is 230 g/mol. The Hall–Kier alpha value is -2.48. The van der Waals surface area contributed by atoms with Crippen molar-refractivity contribution in [2.24, 2.45) is 0 Å². The molecule has 0 unspecified atom stereocenters. The summed E-state index contributed by atoms with van der Waals surface area (Å²) in [5.41, 5.74) is 3.79. The molecule has 0 N–H and O–H groups in total. The number of nitrogens with zero attached hydrogens (tertiary/aromatic N) is 2. The highest BCUT2D eigenvalue weighted by Crippen LogP contribution is 2.22. The minimum atomic E-state index is 0.945. The van der Waals surface area contributed by atoms with Crippen LogP contribution in [0.2, 0.25) is 0 Å². The van der Waals surface area contributed by atoms with Crippen molar-refractivity contribution in [2.45, 2.75) is 0 Å². The Kier molecular flexibility index (Phi) is 1.86. The Morgan fingerprint density at radius 3 is 1.44 bits per heavy atom. The van der Waals surface area contributed by atoms with E-state index in [1.807, 2.05) is 36.4 Å². The second kappa shape index (κ2) is 3.50. The molecule has 4 aromatic rings. The first-order valence-electron chi connectivity index (χ1n) is 5.95. The van der Waals surface area contributed by atoms with Crippen LogP contribution in [0.3, 0.4) is 0 Å². The average Bonchev–Trinajstić information content (AvgIpc) is 2.42. The van der Waals surface area contributed by atoms with Crippen molar-refractivity contribution >= 4 is 32.8 Å². The number of aromatic nitrogens is 2. The van der Waals surface area contributed by atoms with Gasteiger partial charge in [-0.3, -0.25) is 0 Å². The highest BCUT2D eigenvalue weighted by atomic mass is 14.8. The molecule has 1 heterocycles. The standard InChI is InChI=1S/C16H10N2/c1-2-6-12-10-16-15(9-11(12)5-1)17-13-7-3-4-8-14(13)18-16/h1-10H. The van der Waals surface area contributed by atoms with Crippen LogP contribution in [0, 0.1) is 0 Å². The van der Waals surface area contributed by atoms with Crippen LogP contribution in [0.25, 0.3) is 32.8 Å². The molecule has 4 rings (SSSR count). The van der Waals surface area contributed by atoms with E-state index in [9.17, 15) is 0 Å². The van der Waals surface area contributed by atoms with Crippen LogP contribution < -0.4 is 0 Å². The molecule has 0 bridgehead atoms. The van der Waals surface area contributed by atoms with E-state index < -0.39 is 0 Å². The molecule has 1 aromatic heterocycles. The van der Waals surface area contributed by atoms with E-state index in [0.29, 0.717) is 0 Å². The first kappa shape index (κ1) is 9.54. The summed E-state index contributed by atoms with van der Waals surface area (Å²) in [4.78, 5) is 9.33. The Labute approximate surface area is 104 Å². The third-order valence-corrected chi connectivity index (χ3v) is 3.21. The summed E-state index contributed by atoms with van der Waals surface area (Å²) in [6.45, 7) is 0. The van der Waals surface area contributed by atoms with Crippen LogP contribution in [0.5, 0.6) is 0 Å². The molecule has 2 heteroatoms. The van der Waals surface area contributed by atoms with Crippen molar-refractivity contribution in [2.75, 3.05) is 0 Å². The van der Waals surface area contributed by atoms with Gasteiger partial charge in [-0.2, -0.15) is 0 Å². The van der Waals surface area contributed by atoms with Gasteiger partial charge in [0.1, 0.15) is 0 Å². The minimum Gasteiger partial charge on any atom is -0.244 e. The Balaban J connectivity index is 2.20. The summed E-state index contributed by atoms with van der Waals surface area (Å²) in [7, 11) is 0. The molecular formula is C16H10N2. The maximum Gasteiger partial charge on any atom is 0.0901 e.